The van der Waals surface area contributed by atoms with Gasteiger partial charge in [-0.3, -0.25) is 0 Å². The first-order valence-electron chi connectivity index (χ1n) is 5.72. The summed E-state index contributed by atoms with van der Waals surface area (Å²) in [7, 11) is 0. The molecule has 3 heteroatoms. The first kappa shape index (κ1) is 12.3. The van der Waals surface area contributed by atoms with Gasteiger partial charge in [0.2, 0.25) is 0 Å². The van der Waals surface area contributed by atoms with E-state index in [2.05, 4.69) is 12.2 Å². The van der Waals surface area contributed by atoms with Crippen molar-refractivity contribution in [1.82, 2.24) is 5.32 Å². The van der Waals surface area contributed by atoms with Crippen LogP contribution >= 0.6 is 11.8 Å². The molecule has 0 bridgehead atoms. The molecule has 0 aromatic rings. The fraction of sp³-hybridized carbons (Fsp3) is 1.00. The zero-order valence-corrected chi connectivity index (χ0v) is 10.0. The molecule has 84 valence electrons. The summed E-state index contributed by atoms with van der Waals surface area (Å²) >= 11 is 2.00. The lowest BCUT2D eigenvalue weighted by Gasteiger charge is -2.36. The van der Waals surface area contributed by atoms with Crippen molar-refractivity contribution < 1.29 is 5.11 Å². The molecule has 0 radical (unpaired) electrons. The maximum absolute atomic E-state index is 9.45. The van der Waals surface area contributed by atoms with Crippen molar-refractivity contribution in [2.45, 2.75) is 32.6 Å². The first-order chi connectivity index (χ1) is 6.83. The Balaban J connectivity index is 2.22. The van der Waals surface area contributed by atoms with Gasteiger partial charge in [-0.2, -0.15) is 11.8 Å². The molecule has 0 amide bonds. The van der Waals surface area contributed by atoms with Crippen LogP contribution in [0.2, 0.25) is 0 Å². The van der Waals surface area contributed by atoms with Crippen molar-refractivity contribution in [3.8, 4) is 0 Å². The molecule has 1 unspecified atom stereocenters. The molecule has 1 saturated heterocycles. The molecule has 1 aliphatic heterocycles. The van der Waals surface area contributed by atoms with Gasteiger partial charge in [0.25, 0.3) is 0 Å². The van der Waals surface area contributed by atoms with Crippen LogP contribution in [0.15, 0.2) is 0 Å². The lowest BCUT2D eigenvalue weighted by Crippen LogP contribution is -2.42. The SMILES string of the molecule is CCSCCCC1(CO)CCCNC1. The quantitative estimate of drug-likeness (QED) is 0.666. The maximum atomic E-state index is 9.45. The van der Waals surface area contributed by atoms with Crippen molar-refractivity contribution in [3.63, 3.8) is 0 Å². The predicted octanol–water partition coefficient (Wildman–Crippen LogP) is 1.88. The van der Waals surface area contributed by atoms with Crippen LogP contribution in [0.3, 0.4) is 0 Å². The average molecular weight is 217 g/mol. The molecule has 0 aromatic heterocycles. The zero-order chi connectivity index (χ0) is 10.3. The van der Waals surface area contributed by atoms with Crippen molar-refractivity contribution in [1.29, 1.82) is 0 Å². The summed E-state index contributed by atoms with van der Waals surface area (Å²) < 4.78 is 0. The van der Waals surface area contributed by atoms with Gasteiger partial charge in [-0.1, -0.05) is 6.92 Å². The Bertz CT molecular complexity index is 146. The zero-order valence-electron chi connectivity index (χ0n) is 9.22. The van der Waals surface area contributed by atoms with E-state index in [0.717, 1.165) is 13.1 Å². The number of aliphatic hydroxyl groups excluding tert-OH is 1. The fourth-order valence-corrected chi connectivity index (χ4v) is 2.79. The molecular weight excluding hydrogens is 194 g/mol. The summed E-state index contributed by atoms with van der Waals surface area (Å²) in [5.41, 5.74) is 0.201. The minimum atomic E-state index is 0.201. The van der Waals surface area contributed by atoms with Crippen LogP contribution in [-0.2, 0) is 0 Å². The van der Waals surface area contributed by atoms with Gasteiger partial charge in [-0.15, -0.1) is 0 Å². The van der Waals surface area contributed by atoms with Crippen LogP contribution in [0.4, 0.5) is 0 Å². The molecule has 2 nitrogen and oxygen atoms in total. The molecule has 1 atom stereocenters. The van der Waals surface area contributed by atoms with Crippen molar-refractivity contribution in [2.24, 2.45) is 5.41 Å². The number of hydrogen-bond donors (Lipinski definition) is 2. The number of hydrogen-bond acceptors (Lipinski definition) is 3. The molecule has 0 aliphatic carbocycles. The molecule has 0 aromatic carbocycles. The van der Waals surface area contributed by atoms with Crippen LogP contribution < -0.4 is 5.32 Å². The van der Waals surface area contributed by atoms with Gasteiger partial charge in [0.15, 0.2) is 0 Å². The summed E-state index contributed by atoms with van der Waals surface area (Å²) in [6.45, 7) is 4.71. The largest absolute Gasteiger partial charge is 0.396 e. The monoisotopic (exact) mass is 217 g/mol. The molecule has 1 aliphatic rings. The second-order valence-electron chi connectivity index (χ2n) is 4.24. The summed E-state index contributed by atoms with van der Waals surface area (Å²) in [6, 6.07) is 0. The molecule has 0 spiro atoms. The van der Waals surface area contributed by atoms with Gasteiger partial charge in [0, 0.05) is 18.6 Å². The number of thioether (sulfide) groups is 1. The van der Waals surface area contributed by atoms with Crippen molar-refractivity contribution in [2.75, 3.05) is 31.2 Å². The van der Waals surface area contributed by atoms with E-state index in [1.165, 1.54) is 37.2 Å². The highest BCUT2D eigenvalue weighted by atomic mass is 32.2. The summed E-state index contributed by atoms with van der Waals surface area (Å²) in [4.78, 5) is 0. The van der Waals surface area contributed by atoms with Crippen molar-refractivity contribution in [3.05, 3.63) is 0 Å². The molecule has 2 N–H and O–H groups in total. The Kier molecular flexibility index (Phi) is 5.90. The number of nitrogens with one attached hydrogen (secondary N) is 1. The maximum Gasteiger partial charge on any atom is 0.0499 e. The third-order valence-corrected chi connectivity index (χ3v) is 4.08. The Labute approximate surface area is 91.9 Å². The second kappa shape index (κ2) is 6.70. The highest BCUT2D eigenvalue weighted by molar-refractivity contribution is 7.99. The summed E-state index contributed by atoms with van der Waals surface area (Å²) in [5, 5.41) is 12.9. The van der Waals surface area contributed by atoms with E-state index in [4.69, 9.17) is 0 Å². The third-order valence-electron chi connectivity index (χ3n) is 3.10. The van der Waals surface area contributed by atoms with Crippen LogP contribution in [0.25, 0.3) is 0 Å². The smallest absolute Gasteiger partial charge is 0.0499 e. The molecule has 1 fully saturated rings. The molecule has 1 rings (SSSR count). The van der Waals surface area contributed by atoms with Crippen LogP contribution in [0, 0.1) is 5.41 Å². The van der Waals surface area contributed by atoms with E-state index in [1.54, 1.807) is 0 Å². The molecule has 14 heavy (non-hydrogen) atoms. The van der Waals surface area contributed by atoms with Gasteiger partial charge in [0.05, 0.1) is 0 Å². The van der Waals surface area contributed by atoms with Crippen molar-refractivity contribution >= 4 is 11.8 Å². The number of piperidine rings is 1. The fourth-order valence-electron chi connectivity index (χ4n) is 2.15. The number of aliphatic hydroxyl groups is 1. The highest BCUT2D eigenvalue weighted by Gasteiger charge is 2.30. The van der Waals surface area contributed by atoms with Gasteiger partial charge >= 0.3 is 0 Å². The van der Waals surface area contributed by atoms with Gasteiger partial charge in [-0.05, 0) is 43.7 Å². The lowest BCUT2D eigenvalue weighted by molar-refractivity contribution is 0.0854. The minimum absolute atomic E-state index is 0.201. The molecule has 0 saturated carbocycles. The lowest BCUT2D eigenvalue weighted by atomic mass is 9.78. The summed E-state index contributed by atoms with van der Waals surface area (Å²) in [5.74, 6) is 2.46. The van der Waals surface area contributed by atoms with Crippen LogP contribution in [0.1, 0.15) is 32.6 Å². The summed E-state index contributed by atoms with van der Waals surface area (Å²) in [6.07, 6.45) is 4.86. The van der Waals surface area contributed by atoms with E-state index in [-0.39, 0.29) is 5.41 Å². The van der Waals surface area contributed by atoms with E-state index in [1.807, 2.05) is 11.8 Å². The second-order valence-corrected chi connectivity index (χ2v) is 5.63. The standard InChI is InChI=1S/C11H23NOS/c1-2-14-8-4-6-11(10-13)5-3-7-12-9-11/h12-13H,2-10H2,1H3. The molecular formula is C11H23NOS. The normalized spacial score (nSPS) is 27.9. The van der Waals surface area contributed by atoms with Crippen LogP contribution in [-0.4, -0.2) is 36.3 Å². The first-order valence-corrected chi connectivity index (χ1v) is 6.88. The third kappa shape index (κ3) is 3.79. The number of rotatable bonds is 6. The topological polar surface area (TPSA) is 32.3 Å². The highest BCUT2D eigenvalue weighted by Crippen LogP contribution is 2.31. The Hall–Kier alpha value is 0.270. The average Bonchev–Trinajstić information content (AvgIpc) is 2.26. The van der Waals surface area contributed by atoms with Gasteiger partial charge in [-0.25, -0.2) is 0 Å². The van der Waals surface area contributed by atoms with E-state index < -0.39 is 0 Å². The van der Waals surface area contributed by atoms with Gasteiger partial charge in [0.1, 0.15) is 0 Å². The Morgan fingerprint density at radius 3 is 2.93 bits per heavy atom. The Morgan fingerprint density at radius 1 is 1.50 bits per heavy atom. The van der Waals surface area contributed by atoms with Gasteiger partial charge < -0.3 is 10.4 Å². The van der Waals surface area contributed by atoms with E-state index in [0.29, 0.717) is 6.61 Å². The molecule has 1 heterocycles. The Morgan fingerprint density at radius 2 is 2.36 bits per heavy atom. The minimum Gasteiger partial charge on any atom is -0.396 e. The van der Waals surface area contributed by atoms with E-state index >= 15 is 0 Å². The predicted molar refractivity (Wildman–Crippen MR) is 63.9 cm³/mol. The van der Waals surface area contributed by atoms with Crippen LogP contribution in [0.5, 0.6) is 0 Å². The van der Waals surface area contributed by atoms with E-state index in [9.17, 15) is 5.11 Å².